The van der Waals surface area contributed by atoms with Crippen LogP contribution in [-0.2, 0) is 17.9 Å². The summed E-state index contributed by atoms with van der Waals surface area (Å²) in [5, 5.41) is 3.56. The van der Waals surface area contributed by atoms with Gasteiger partial charge in [0, 0.05) is 31.6 Å². The number of ether oxygens (including phenoxy) is 2. The Kier molecular flexibility index (Phi) is 5.18. The Labute approximate surface area is 154 Å². The van der Waals surface area contributed by atoms with Gasteiger partial charge in [-0.3, -0.25) is 0 Å². The Morgan fingerprint density at radius 1 is 1.27 bits per heavy atom. The van der Waals surface area contributed by atoms with Crippen molar-refractivity contribution in [1.29, 1.82) is 0 Å². The highest BCUT2D eigenvalue weighted by atomic mass is 16.5. The van der Waals surface area contributed by atoms with Crippen molar-refractivity contribution < 1.29 is 9.47 Å². The highest BCUT2D eigenvalue weighted by Crippen LogP contribution is 2.16. The highest BCUT2D eigenvalue weighted by Gasteiger charge is 2.12. The molecule has 1 aliphatic rings. The molecule has 1 aliphatic heterocycles. The number of pyridine rings is 1. The third-order valence-electron chi connectivity index (χ3n) is 4.79. The first-order valence-corrected chi connectivity index (χ1v) is 9.24. The van der Waals surface area contributed by atoms with Gasteiger partial charge >= 0.3 is 0 Å². The number of nitrogens with zero attached hydrogens (tertiary/aromatic N) is 2. The zero-order valence-corrected chi connectivity index (χ0v) is 15.1. The summed E-state index contributed by atoms with van der Waals surface area (Å²) >= 11 is 0. The largest absolute Gasteiger partial charge is 0.487 e. The quantitative estimate of drug-likeness (QED) is 0.738. The van der Waals surface area contributed by atoms with Crippen molar-refractivity contribution in [2.45, 2.75) is 39.0 Å². The molecule has 2 aromatic heterocycles. The third-order valence-corrected chi connectivity index (χ3v) is 4.79. The Hall–Kier alpha value is -2.37. The summed E-state index contributed by atoms with van der Waals surface area (Å²) in [5.41, 5.74) is 4.34. The fourth-order valence-electron chi connectivity index (χ4n) is 3.30. The molecule has 5 nitrogen and oxygen atoms in total. The van der Waals surface area contributed by atoms with Crippen LogP contribution in [0.3, 0.4) is 0 Å². The Bertz CT molecular complexity index is 851. The summed E-state index contributed by atoms with van der Waals surface area (Å²) in [6.07, 6.45) is 6.37. The molecule has 0 radical (unpaired) electrons. The topological polar surface area (TPSA) is 47.8 Å². The molecule has 136 valence electrons. The Morgan fingerprint density at radius 3 is 2.92 bits per heavy atom. The lowest BCUT2D eigenvalue weighted by atomic mass is 10.1. The van der Waals surface area contributed by atoms with Crippen LogP contribution < -0.4 is 10.1 Å². The number of benzene rings is 1. The van der Waals surface area contributed by atoms with Gasteiger partial charge in [0.1, 0.15) is 18.0 Å². The van der Waals surface area contributed by atoms with E-state index < -0.39 is 0 Å². The number of hydrogen-bond donors (Lipinski definition) is 1. The number of hydrogen-bond acceptors (Lipinski definition) is 4. The second-order valence-corrected chi connectivity index (χ2v) is 6.88. The lowest BCUT2D eigenvalue weighted by molar-refractivity contribution is 0.0699. The van der Waals surface area contributed by atoms with Gasteiger partial charge in [-0.1, -0.05) is 18.2 Å². The first kappa shape index (κ1) is 17.1. The number of nitrogens with one attached hydrogen (secondary N) is 1. The minimum absolute atomic E-state index is 0.470. The second kappa shape index (κ2) is 7.89. The van der Waals surface area contributed by atoms with Crippen LogP contribution in [-0.4, -0.2) is 28.6 Å². The van der Waals surface area contributed by atoms with Crippen LogP contribution in [0.2, 0.25) is 0 Å². The maximum atomic E-state index is 5.89. The number of imidazole rings is 1. The second-order valence-electron chi connectivity index (χ2n) is 6.88. The molecule has 26 heavy (non-hydrogen) atoms. The highest BCUT2D eigenvalue weighted by molar-refractivity contribution is 5.47. The van der Waals surface area contributed by atoms with Crippen LogP contribution in [0.1, 0.15) is 29.7 Å². The van der Waals surface area contributed by atoms with Crippen LogP contribution in [0, 0.1) is 6.92 Å². The average Bonchev–Trinajstić information content (AvgIpc) is 3.11. The first-order chi connectivity index (χ1) is 12.8. The fraction of sp³-hybridized carbons (Fsp3) is 0.381. The van der Waals surface area contributed by atoms with Crippen molar-refractivity contribution in [3.8, 4) is 5.75 Å². The maximum absolute atomic E-state index is 5.89. The predicted octanol–water partition coefficient (Wildman–Crippen LogP) is 3.49. The normalized spacial score (nSPS) is 17.5. The zero-order chi connectivity index (χ0) is 17.8. The summed E-state index contributed by atoms with van der Waals surface area (Å²) in [4.78, 5) is 4.64. The van der Waals surface area contributed by atoms with Crippen molar-refractivity contribution in [1.82, 2.24) is 14.7 Å². The van der Waals surface area contributed by atoms with E-state index in [2.05, 4.69) is 35.4 Å². The molecule has 1 saturated heterocycles. The van der Waals surface area contributed by atoms with E-state index in [0.717, 1.165) is 43.3 Å². The molecule has 0 amide bonds. The third kappa shape index (κ3) is 4.06. The van der Waals surface area contributed by atoms with E-state index in [1.165, 1.54) is 17.5 Å². The van der Waals surface area contributed by atoms with Crippen molar-refractivity contribution in [3.05, 3.63) is 65.6 Å². The van der Waals surface area contributed by atoms with E-state index in [-0.39, 0.29) is 0 Å². The van der Waals surface area contributed by atoms with Gasteiger partial charge in [-0.25, -0.2) is 4.98 Å². The van der Waals surface area contributed by atoms with Crippen LogP contribution in [0.15, 0.2) is 48.8 Å². The van der Waals surface area contributed by atoms with E-state index in [1.54, 1.807) is 0 Å². The molecule has 3 aromatic rings. The number of aryl methyl sites for hydroxylation is 1. The number of fused-ring (bicyclic) bond motifs is 1. The molecule has 0 saturated carbocycles. The molecule has 0 aliphatic carbocycles. The molecule has 1 N–H and O–H groups in total. The molecular weight excluding hydrogens is 326 g/mol. The Balaban J connectivity index is 1.31. The smallest absolute Gasteiger partial charge is 0.140 e. The predicted molar refractivity (Wildman–Crippen MR) is 101 cm³/mol. The van der Waals surface area contributed by atoms with Crippen molar-refractivity contribution in [2.75, 3.05) is 13.2 Å². The van der Waals surface area contributed by atoms with E-state index >= 15 is 0 Å². The van der Waals surface area contributed by atoms with Gasteiger partial charge in [-0.2, -0.15) is 0 Å². The van der Waals surface area contributed by atoms with Crippen molar-refractivity contribution in [3.63, 3.8) is 0 Å². The molecule has 0 bridgehead atoms. The van der Waals surface area contributed by atoms with Gasteiger partial charge < -0.3 is 19.2 Å². The fourth-order valence-corrected chi connectivity index (χ4v) is 3.30. The lowest BCUT2D eigenvalue weighted by Gasteiger charge is -2.23. The van der Waals surface area contributed by atoms with Crippen LogP contribution in [0.4, 0.5) is 0 Å². The lowest BCUT2D eigenvalue weighted by Crippen LogP contribution is -2.36. The summed E-state index contributed by atoms with van der Waals surface area (Å²) in [6, 6.07) is 12.8. The van der Waals surface area contributed by atoms with Gasteiger partial charge in [0.15, 0.2) is 0 Å². The van der Waals surface area contributed by atoms with Gasteiger partial charge in [0.25, 0.3) is 0 Å². The summed E-state index contributed by atoms with van der Waals surface area (Å²) < 4.78 is 13.4. The van der Waals surface area contributed by atoms with Gasteiger partial charge in [-0.05, 0) is 49.1 Å². The molecule has 4 rings (SSSR count). The van der Waals surface area contributed by atoms with Gasteiger partial charge in [-0.15, -0.1) is 0 Å². The molecule has 5 heteroatoms. The van der Waals surface area contributed by atoms with Gasteiger partial charge in [0.2, 0.25) is 0 Å². The average molecular weight is 351 g/mol. The summed E-state index contributed by atoms with van der Waals surface area (Å²) in [6.45, 7) is 5.12. The van der Waals surface area contributed by atoms with E-state index in [0.29, 0.717) is 12.6 Å². The SMILES string of the molecule is Cc1cccn2cc(COc3ccc(CNC4CCCOC4)cc3)nc12. The van der Waals surface area contributed by atoms with Crippen LogP contribution in [0.5, 0.6) is 5.75 Å². The molecular formula is C21H25N3O2. The van der Waals surface area contributed by atoms with Gasteiger partial charge in [0.05, 0.1) is 12.3 Å². The molecule has 3 heterocycles. The molecule has 0 spiro atoms. The monoisotopic (exact) mass is 351 g/mol. The van der Waals surface area contributed by atoms with Crippen LogP contribution >= 0.6 is 0 Å². The number of aromatic nitrogens is 2. The van der Waals surface area contributed by atoms with Crippen molar-refractivity contribution in [2.24, 2.45) is 0 Å². The molecule has 1 fully saturated rings. The summed E-state index contributed by atoms with van der Waals surface area (Å²) in [5.74, 6) is 0.864. The molecule has 1 unspecified atom stereocenters. The molecule has 1 atom stereocenters. The minimum Gasteiger partial charge on any atom is -0.487 e. The summed E-state index contributed by atoms with van der Waals surface area (Å²) in [7, 11) is 0. The molecule has 1 aromatic carbocycles. The minimum atomic E-state index is 0.470. The van der Waals surface area contributed by atoms with Crippen LogP contribution in [0.25, 0.3) is 5.65 Å². The standard InChI is InChI=1S/C21H25N3O2/c1-16-4-2-10-24-13-19(23-21(16)24)15-26-20-8-6-17(7-9-20)12-22-18-5-3-11-25-14-18/h2,4,6-10,13,18,22H,3,5,11-12,14-15H2,1H3. The van der Waals surface area contributed by atoms with E-state index in [9.17, 15) is 0 Å². The number of rotatable bonds is 6. The van der Waals surface area contributed by atoms with Crippen molar-refractivity contribution >= 4 is 5.65 Å². The first-order valence-electron chi connectivity index (χ1n) is 9.24. The zero-order valence-electron chi connectivity index (χ0n) is 15.1. The van der Waals surface area contributed by atoms with E-state index in [4.69, 9.17) is 9.47 Å². The van der Waals surface area contributed by atoms with E-state index in [1.807, 2.05) is 35.0 Å². The Morgan fingerprint density at radius 2 is 2.15 bits per heavy atom. The maximum Gasteiger partial charge on any atom is 0.140 e.